The zero-order chi connectivity index (χ0) is 24.6. The fraction of sp³-hybridized carbons (Fsp3) is 0.462. The Morgan fingerprint density at radius 2 is 2.03 bits per heavy atom. The average molecular weight is 483 g/mol. The van der Waals surface area contributed by atoms with E-state index in [9.17, 15) is 14.0 Å². The number of ether oxygens (including phenoxy) is 2. The van der Waals surface area contributed by atoms with Gasteiger partial charge in [-0.05, 0) is 50.5 Å². The normalized spacial score (nSPS) is 23.7. The third-order valence-electron chi connectivity index (χ3n) is 6.78. The zero-order valence-electron chi connectivity index (χ0n) is 20.0. The summed E-state index contributed by atoms with van der Waals surface area (Å²) in [5, 5.41) is 8.86. The summed E-state index contributed by atoms with van der Waals surface area (Å²) in [6, 6.07) is 9.01. The lowest BCUT2D eigenvalue weighted by atomic mass is 9.90. The number of halogens is 1. The van der Waals surface area contributed by atoms with Gasteiger partial charge in [-0.3, -0.25) is 9.69 Å². The van der Waals surface area contributed by atoms with Crippen LogP contribution in [0.1, 0.15) is 43.9 Å². The van der Waals surface area contributed by atoms with Gasteiger partial charge in [0.15, 0.2) is 0 Å². The molecule has 1 unspecified atom stereocenters. The minimum atomic E-state index is -0.551. The van der Waals surface area contributed by atoms with Crippen molar-refractivity contribution in [1.82, 2.24) is 10.2 Å². The monoisotopic (exact) mass is 482 g/mol. The molecule has 0 saturated carbocycles. The Bertz CT molecular complexity index is 1130. The summed E-state index contributed by atoms with van der Waals surface area (Å²) in [5.74, 6) is 0.0232. The fourth-order valence-electron chi connectivity index (χ4n) is 5.12. The van der Waals surface area contributed by atoms with Gasteiger partial charge < -0.3 is 25.4 Å². The van der Waals surface area contributed by atoms with Crippen molar-refractivity contribution in [2.75, 3.05) is 36.9 Å². The van der Waals surface area contributed by atoms with Gasteiger partial charge in [-0.25, -0.2) is 9.18 Å². The van der Waals surface area contributed by atoms with Crippen LogP contribution in [0.25, 0.3) is 0 Å². The number of carbonyl (C=O) groups is 2. The number of amides is 3. The van der Waals surface area contributed by atoms with Gasteiger partial charge in [-0.2, -0.15) is 0 Å². The molecule has 2 aromatic carbocycles. The van der Waals surface area contributed by atoms with Gasteiger partial charge in [-0.15, -0.1) is 0 Å². The Kier molecular flexibility index (Phi) is 6.37. The van der Waals surface area contributed by atoms with Gasteiger partial charge in [0.2, 0.25) is 5.91 Å². The van der Waals surface area contributed by atoms with Gasteiger partial charge in [0.25, 0.3) is 0 Å². The van der Waals surface area contributed by atoms with E-state index in [2.05, 4.69) is 20.9 Å². The Labute approximate surface area is 204 Å². The van der Waals surface area contributed by atoms with E-state index in [4.69, 9.17) is 9.47 Å². The van der Waals surface area contributed by atoms with Gasteiger partial charge in [0.05, 0.1) is 18.7 Å². The van der Waals surface area contributed by atoms with Gasteiger partial charge in [0.1, 0.15) is 17.2 Å². The smallest absolute Gasteiger partial charge is 0.319 e. The van der Waals surface area contributed by atoms with Gasteiger partial charge >= 0.3 is 6.03 Å². The highest BCUT2D eigenvalue weighted by molar-refractivity contribution is 5.99. The number of anilines is 2. The average Bonchev–Trinajstić information content (AvgIpc) is 3.07. The molecule has 3 aliphatic rings. The second kappa shape index (κ2) is 9.47. The highest BCUT2D eigenvalue weighted by Crippen LogP contribution is 2.40. The lowest BCUT2D eigenvalue weighted by molar-refractivity contribution is -0.121. The summed E-state index contributed by atoms with van der Waals surface area (Å²) in [7, 11) is 0. The van der Waals surface area contributed by atoms with Crippen LogP contribution >= 0.6 is 0 Å². The van der Waals surface area contributed by atoms with E-state index >= 15 is 0 Å². The molecule has 0 spiro atoms. The molecular weight excluding hydrogens is 451 g/mol. The summed E-state index contributed by atoms with van der Waals surface area (Å²) < 4.78 is 25.1. The number of benzene rings is 2. The quantitative estimate of drug-likeness (QED) is 0.619. The van der Waals surface area contributed by atoms with Crippen molar-refractivity contribution in [2.24, 2.45) is 0 Å². The molecule has 2 aromatic rings. The number of hydrogen-bond donors (Lipinski definition) is 3. The third kappa shape index (κ3) is 5.26. The number of nitrogens with zero attached hydrogens (tertiary/aromatic N) is 1. The number of rotatable bonds is 3. The van der Waals surface area contributed by atoms with Crippen LogP contribution in [-0.4, -0.2) is 54.8 Å². The molecule has 3 heterocycles. The molecule has 1 fully saturated rings. The molecule has 0 radical (unpaired) electrons. The molecule has 0 bridgehead atoms. The SMILES string of the molecule is CC1(C)C[C@@H](NC(=O)Nc2ccc3c(c2)NC(=O)C(N2CCCOCC2)C3)c2ccc(F)cc2O1. The van der Waals surface area contributed by atoms with Crippen molar-refractivity contribution in [2.45, 2.75) is 50.8 Å². The Hall–Kier alpha value is -3.17. The molecule has 9 heteroatoms. The number of fused-ring (bicyclic) bond motifs is 2. The van der Waals surface area contributed by atoms with Crippen LogP contribution in [0.15, 0.2) is 36.4 Å². The molecule has 3 amide bonds. The molecule has 35 heavy (non-hydrogen) atoms. The lowest BCUT2D eigenvalue weighted by Crippen LogP contribution is -2.48. The molecule has 5 rings (SSSR count). The van der Waals surface area contributed by atoms with E-state index in [1.807, 2.05) is 26.0 Å². The summed E-state index contributed by atoms with van der Waals surface area (Å²) >= 11 is 0. The highest BCUT2D eigenvalue weighted by Gasteiger charge is 2.35. The Morgan fingerprint density at radius 3 is 2.89 bits per heavy atom. The second-order valence-electron chi connectivity index (χ2n) is 9.98. The Balaban J connectivity index is 1.26. The Morgan fingerprint density at radius 1 is 1.17 bits per heavy atom. The summed E-state index contributed by atoms with van der Waals surface area (Å²) in [6.07, 6.45) is 2.08. The van der Waals surface area contributed by atoms with Gasteiger partial charge in [-0.1, -0.05) is 12.1 Å². The molecule has 186 valence electrons. The predicted octanol–water partition coefficient (Wildman–Crippen LogP) is 3.84. The molecule has 1 saturated heterocycles. The van der Waals surface area contributed by atoms with E-state index in [1.165, 1.54) is 12.1 Å². The first-order valence-electron chi connectivity index (χ1n) is 12.1. The van der Waals surface area contributed by atoms with E-state index in [-0.39, 0.29) is 29.8 Å². The van der Waals surface area contributed by atoms with E-state index < -0.39 is 5.60 Å². The zero-order valence-corrected chi connectivity index (χ0v) is 20.0. The minimum absolute atomic E-state index is 0.0331. The summed E-state index contributed by atoms with van der Waals surface area (Å²) in [6.45, 7) is 6.76. The topological polar surface area (TPSA) is 91.9 Å². The maximum atomic E-state index is 13.7. The molecule has 3 aliphatic heterocycles. The molecule has 0 aliphatic carbocycles. The first-order chi connectivity index (χ1) is 16.8. The second-order valence-corrected chi connectivity index (χ2v) is 9.98. The van der Waals surface area contributed by atoms with Crippen molar-refractivity contribution in [3.05, 3.63) is 53.3 Å². The van der Waals surface area contributed by atoms with Crippen molar-refractivity contribution < 1.29 is 23.5 Å². The standard InChI is InChI=1S/C26H31FN4O4/c1-26(2)15-21(19-7-5-17(27)13-23(19)35-26)30-25(33)28-18-6-4-16-12-22(24(32)29-20(16)14-18)31-8-3-10-34-11-9-31/h4-7,13-14,21-22H,3,8-12,15H2,1-2H3,(H,29,32)(H2,28,30,33)/t21-,22?/m1/s1. The van der Waals surface area contributed by atoms with E-state index in [1.54, 1.807) is 12.1 Å². The predicted molar refractivity (Wildman–Crippen MR) is 130 cm³/mol. The molecule has 2 atom stereocenters. The van der Waals surface area contributed by atoms with Crippen molar-refractivity contribution in [1.29, 1.82) is 0 Å². The van der Waals surface area contributed by atoms with Gasteiger partial charge in [0, 0.05) is 49.1 Å². The molecule has 0 aromatic heterocycles. The fourth-order valence-corrected chi connectivity index (χ4v) is 5.12. The molecule has 3 N–H and O–H groups in total. The van der Waals surface area contributed by atoms with E-state index in [0.717, 1.165) is 37.2 Å². The number of nitrogens with one attached hydrogen (secondary N) is 3. The largest absolute Gasteiger partial charge is 0.487 e. The highest BCUT2D eigenvalue weighted by atomic mass is 19.1. The third-order valence-corrected chi connectivity index (χ3v) is 6.78. The van der Waals surface area contributed by atoms with Crippen molar-refractivity contribution in [3.63, 3.8) is 0 Å². The maximum Gasteiger partial charge on any atom is 0.319 e. The molecular formula is C26H31FN4O4. The van der Waals surface area contributed by atoms with Crippen LogP contribution in [-0.2, 0) is 16.0 Å². The first kappa shape index (κ1) is 23.6. The van der Waals surface area contributed by atoms with Crippen LogP contribution in [0.2, 0.25) is 0 Å². The van der Waals surface area contributed by atoms with Crippen LogP contribution in [0.3, 0.4) is 0 Å². The number of urea groups is 1. The minimum Gasteiger partial charge on any atom is -0.487 e. The lowest BCUT2D eigenvalue weighted by Gasteiger charge is -2.37. The van der Waals surface area contributed by atoms with Crippen molar-refractivity contribution in [3.8, 4) is 5.75 Å². The van der Waals surface area contributed by atoms with Crippen LogP contribution in [0.5, 0.6) is 5.75 Å². The van der Waals surface area contributed by atoms with E-state index in [0.29, 0.717) is 36.6 Å². The summed E-state index contributed by atoms with van der Waals surface area (Å²) in [5.41, 5.74) is 2.51. The molecule has 8 nitrogen and oxygen atoms in total. The maximum absolute atomic E-state index is 13.7. The summed E-state index contributed by atoms with van der Waals surface area (Å²) in [4.78, 5) is 27.9. The van der Waals surface area contributed by atoms with Crippen LogP contribution in [0, 0.1) is 5.82 Å². The number of hydrogen-bond acceptors (Lipinski definition) is 5. The van der Waals surface area contributed by atoms with Crippen molar-refractivity contribution >= 4 is 23.3 Å². The van der Waals surface area contributed by atoms with Crippen LogP contribution in [0.4, 0.5) is 20.6 Å². The first-order valence-corrected chi connectivity index (χ1v) is 12.1. The number of carbonyl (C=O) groups excluding carboxylic acids is 2. The van der Waals surface area contributed by atoms with Crippen LogP contribution < -0.4 is 20.7 Å².